The lowest BCUT2D eigenvalue weighted by Crippen LogP contribution is -2.34. The molecule has 0 aromatic carbocycles. The van der Waals surface area contributed by atoms with Gasteiger partial charge in [-0.1, -0.05) is 26.2 Å². The van der Waals surface area contributed by atoms with Gasteiger partial charge in [-0.15, -0.1) is 0 Å². The zero-order valence-corrected chi connectivity index (χ0v) is 10.3. The van der Waals surface area contributed by atoms with Gasteiger partial charge in [0, 0.05) is 11.8 Å². The fourth-order valence-electron chi connectivity index (χ4n) is 3.36. The molecular weight excluding hydrogens is 200 g/mol. The summed E-state index contributed by atoms with van der Waals surface area (Å²) in [6.07, 6.45) is 8.50. The molecule has 2 fully saturated rings. The highest BCUT2D eigenvalue weighted by Gasteiger charge is 2.33. The highest BCUT2D eigenvalue weighted by atomic mass is 16.3. The van der Waals surface area contributed by atoms with Crippen LogP contribution in [-0.2, 0) is 4.79 Å². The Labute approximate surface area is 98.4 Å². The summed E-state index contributed by atoms with van der Waals surface area (Å²) in [7, 11) is 0. The second-order valence-corrected chi connectivity index (χ2v) is 5.79. The maximum absolute atomic E-state index is 12.3. The molecule has 0 radical (unpaired) electrons. The SMILES string of the molecule is CC1CC(C(=O)C2CCCCC2)CCC1O. The monoisotopic (exact) mass is 224 g/mol. The number of hydrogen-bond donors (Lipinski definition) is 1. The molecule has 3 unspecified atom stereocenters. The summed E-state index contributed by atoms with van der Waals surface area (Å²) in [6, 6.07) is 0. The van der Waals surface area contributed by atoms with Crippen LogP contribution >= 0.6 is 0 Å². The van der Waals surface area contributed by atoms with Crippen LogP contribution in [0.4, 0.5) is 0 Å². The molecule has 2 saturated carbocycles. The van der Waals surface area contributed by atoms with Gasteiger partial charge in [0.15, 0.2) is 0 Å². The van der Waals surface area contributed by atoms with E-state index < -0.39 is 0 Å². The lowest BCUT2D eigenvalue weighted by atomic mass is 9.73. The molecule has 2 aliphatic carbocycles. The first-order valence-electron chi connectivity index (χ1n) is 6.90. The highest BCUT2D eigenvalue weighted by Crippen LogP contribution is 2.34. The van der Waals surface area contributed by atoms with Crippen LogP contribution in [0.5, 0.6) is 0 Å². The predicted octanol–water partition coefficient (Wildman–Crippen LogP) is 2.93. The van der Waals surface area contributed by atoms with Crippen molar-refractivity contribution < 1.29 is 9.90 Å². The summed E-state index contributed by atoms with van der Waals surface area (Å²) < 4.78 is 0. The standard InChI is InChI=1S/C14H24O2/c1-10-9-12(7-8-13(10)15)14(16)11-5-3-2-4-6-11/h10-13,15H,2-9H2,1H3. The Bertz CT molecular complexity index is 243. The van der Waals surface area contributed by atoms with Crippen molar-refractivity contribution in [3.8, 4) is 0 Å². The third kappa shape index (κ3) is 2.65. The molecule has 0 aromatic heterocycles. The largest absolute Gasteiger partial charge is 0.393 e. The summed E-state index contributed by atoms with van der Waals surface area (Å²) in [6.45, 7) is 2.07. The fourth-order valence-corrected chi connectivity index (χ4v) is 3.36. The molecule has 2 rings (SSSR count). The summed E-state index contributed by atoms with van der Waals surface area (Å²) in [4.78, 5) is 12.3. The Kier molecular flexibility index (Phi) is 4.01. The van der Waals surface area contributed by atoms with Gasteiger partial charge in [0.1, 0.15) is 5.78 Å². The number of Topliss-reactive ketones (excluding diaryl/α,β-unsaturated/α-hetero) is 1. The number of rotatable bonds is 2. The van der Waals surface area contributed by atoms with Crippen LogP contribution in [0.3, 0.4) is 0 Å². The van der Waals surface area contributed by atoms with Crippen LogP contribution in [-0.4, -0.2) is 17.0 Å². The van der Waals surface area contributed by atoms with Crippen molar-refractivity contribution in [1.82, 2.24) is 0 Å². The van der Waals surface area contributed by atoms with E-state index >= 15 is 0 Å². The number of ketones is 1. The minimum atomic E-state index is -0.171. The van der Waals surface area contributed by atoms with Gasteiger partial charge in [-0.25, -0.2) is 0 Å². The first kappa shape index (κ1) is 12.1. The topological polar surface area (TPSA) is 37.3 Å². The molecule has 92 valence electrons. The smallest absolute Gasteiger partial charge is 0.139 e. The molecule has 0 aliphatic heterocycles. The number of carbonyl (C=O) groups excluding carboxylic acids is 1. The fraction of sp³-hybridized carbons (Fsp3) is 0.929. The lowest BCUT2D eigenvalue weighted by molar-refractivity contribution is -0.130. The number of hydrogen-bond acceptors (Lipinski definition) is 2. The van der Waals surface area contributed by atoms with Gasteiger partial charge in [0.05, 0.1) is 6.10 Å². The van der Waals surface area contributed by atoms with Crippen molar-refractivity contribution in [3.63, 3.8) is 0 Å². The Morgan fingerprint density at radius 3 is 2.31 bits per heavy atom. The molecule has 0 bridgehead atoms. The first-order valence-corrected chi connectivity index (χ1v) is 6.90. The van der Waals surface area contributed by atoms with Crippen LogP contribution in [0, 0.1) is 17.8 Å². The summed E-state index contributed by atoms with van der Waals surface area (Å²) in [5.74, 6) is 1.42. The van der Waals surface area contributed by atoms with Crippen molar-refractivity contribution in [2.75, 3.05) is 0 Å². The molecular formula is C14H24O2. The summed E-state index contributed by atoms with van der Waals surface area (Å²) in [5, 5.41) is 9.68. The molecule has 0 saturated heterocycles. The van der Waals surface area contributed by atoms with Gasteiger partial charge in [-0.2, -0.15) is 0 Å². The number of aliphatic hydroxyl groups is 1. The van der Waals surface area contributed by atoms with Crippen molar-refractivity contribution in [1.29, 1.82) is 0 Å². The van der Waals surface area contributed by atoms with Crippen molar-refractivity contribution in [2.24, 2.45) is 17.8 Å². The van der Waals surface area contributed by atoms with E-state index in [2.05, 4.69) is 6.92 Å². The van der Waals surface area contributed by atoms with E-state index in [1.807, 2.05) is 0 Å². The lowest BCUT2D eigenvalue weighted by Gasteiger charge is -2.33. The Morgan fingerprint density at radius 2 is 1.69 bits per heavy atom. The molecule has 3 atom stereocenters. The van der Waals surface area contributed by atoms with Crippen LogP contribution in [0.25, 0.3) is 0 Å². The molecule has 1 N–H and O–H groups in total. The van der Waals surface area contributed by atoms with Crippen LogP contribution in [0.2, 0.25) is 0 Å². The van der Waals surface area contributed by atoms with E-state index in [0.717, 1.165) is 32.1 Å². The molecule has 0 heterocycles. The molecule has 2 nitrogen and oxygen atoms in total. The quantitative estimate of drug-likeness (QED) is 0.783. The van der Waals surface area contributed by atoms with Crippen molar-refractivity contribution in [2.45, 2.75) is 64.4 Å². The zero-order chi connectivity index (χ0) is 11.5. The van der Waals surface area contributed by atoms with Crippen LogP contribution in [0.15, 0.2) is 0 Å². The third-order valence-corrected chi connectivity index (χ3v) is 4.53. The minimum Gasteiger partial charge on any atom is -0.393 e. The van der Waals surface area contributed by atoms with Crippen molar-refractivity contribution in [3.05, 3.63) is 0 Å². The summed E-state index contributed by atoms with van der Waals surface area (Å²) >= 11 is 0. The van der Waals surface area contributed by atoms with E-state index in [0.29, 0.717) is 17.6 Å². The van der Waals surface area contributed by atoms with E-state index in [1.54, 1.807) is 0 Å². The summed E-state index contributed by atoms with van der Waals surface area (Å²) in [5.41, 5.74) is 0. The van der Waals surface area contributed by atoms with Gasteiger partial charge in [0.25, 0.3) is 0 Å². The molecule has 16 heavy (non-hydrogen) atoms. The van der Waals surface area contributed by atoms with E-state index in [4.69, 9.17) is 0 Å². The maximum Gasteiger partial charge on any atom is 0.139 e. The average molecular weight is 224 g/mol. The van der Waals surface area contributed by atoms with Gasteiger partial charge in [-0.3, -0.25) is 4.79 Å². The predicted molar refractivity (Wildman–Crippen MR) is 64.1 cm³/mol. The van der Waals surface area contributed by atoms with E-state index in [1.165, 1.54) is 19.3 Å². The molecule has 0 amide bonds. The van der Waals surface area contributed by atoms with Gasteiger partial charge >= 0.3 is 0 Å². The van der Waals surface area contributed by atoms with Crippen LogP contribution in [0.1, 0.15) is 58.3 Å². The third-order valence-electron chi connectivity index (χ3n) is 4.53. The number of carbonyl (C=O) groups is 1. The number of aliphatic hydroxyl groups excluding tert-OH is 1. The van der Waals surface area contributed by atoms with Gasteiger partial charge in [-0.05, 0) is 38.0 Å². The average Bonchev–Trinajstić information content (AvgIpc) is 2.33. The molecule has 2 aliphatic rings. The Hall–Kier alpha value is -0.370. The minimum absolute atomic E-state index is 0.171. The van der Waals surface area contributed by atoms with Gasteiger partial charge in [0.2, 0.25) is 0 Å². The van der Waals surface area contributed by atoms with Gasteiger partial charge < -0.3 is 5.11 Å². The van der Waals surface area contributed by atoms with E-state index in [9.17, 15) is 9.90 Å². The molecule has 0 spiro atoms. The first-order chi connectivity index (χ1) is 7.68. The van der Waals surface area contributed by atoms with Crippen molar-refractivity contribution >= 4 is 5.78 Å². The Morgan fingerprint density at radius 1 is 1.00 bits per heavy atom. The highest BCUT2D eigenvalue weighted by molar-refractivity contribution is 5.83. The van der Waals surface area contributed by atoms with E-state index in [-0.39, 0.29) is 12.0 Å². The second kappa shape index (κ2) is 5.31. The maximum atomic E-state index is 12.3. The normalized spacial score (nSPS) is 37.2. The van der Waals surface area contributed by atoms with Crippen LogP contribution < -0.4 is 0 Å². The zero-order valence-electron chi connectivity index (χ0n) is 10.3. The Balaban J connectivity index is 1.89. The second-order valence-electron chi connectivity index (χ2n) is 5.79. The molecule has 0 aromatic rings. The molecule has 2 heteroatoms.